The summed E-state index contributed by atoms with van der Waals surface area (Å²) in [6.07, 6.45) is -3.72. The van der Waals surface area contributed by atoms with E-state index < -0.39 is 91.8 Å². The lowest BCUT2D eigenvalue weighted by atomic mass is 9.76. The van der Waals surface area contributed by atoms with E-state index in [0.717, 1.165) is 5.56 Å². The Labute approximate surface area is 358 Å². The number of ether oxygens (including phenoxy) is 1. The van der Waals surface area contributed by atoms with Gasteiger partial charge in [-0.15, -0.1) is 0 Å². The molecule has 3 rings (SSSR count). The standard InChI is InChI=1S/C44H62F3N5O8S/c1-27(2)32(25-28(3)35(53)50-61(58,59)26-29-19-21-31(22-20-29)43(23-24-43)49-38(56)44(45,46)47)51(12)37(55)33(40(4,5)6)48-36(54)34(52(13)39(57)60-41(7,8)9)42(10,11)30-17-15-14-16-18-30/h14-22,25,27,32-34H,23-24,26H2,1-13H3,(H,48,54)(H,49,56)(H,50,53)/b28-25+/t32-,33-,34-/m1/s1. The number of likely N-dealkylation sites (N-methyl/N-ethyl adjacent to an activating group) is 2. The number of hydrogen-bond acceptors (Lipinski definition) is 8. The molecule has 13 nitrogen and oxygen atoms in total. The molecule has 61 heavy (non-hydrogen) atoms. The predicted molar refractivity (Wildman–Crippen MR) is 226 cm³/mol. The Balaban J connectivity index is 1.83. The van der Waals surface area contributed by atoms with Crippen molar-refractivity contribution < 1.29 is 50.3 Å². The van der Waals surface area contributed by atoms with Crippen LogP contribution in [0.1, 0.15) is 106 Å². The maximum absolute atomic E-state index is 14.5. The second-order valence-electron chi connectivity index (χ2n) is 18.8. The summed E-state index contributed by atoms with van der Waals surface area (Å²) in [5, 5.41) is 4.96. The molecule has 2 aromatic rings. The van der Waals surface area contributed by atoms with Gasteiger partial charge in [0, 0.05) is 25.1 Å². The van der Waals surface area contributed by atoms with E-state index in [-0.39, 0.29) is 17.1 Å². The van der Waals surface area contributed by atoms with Crippen LogP contribution in [0, 0.1) is 11.3 Å². The quantitative estimate of drug-likeness (QED) is 0.171. The van der Waals surface area contributed by atoms with Crippen LogP contribution in [0.25, 0.3) is 0 Å². The third kappa shape index (κ3) is 13.3. The average Bonchev–Trinajstić information content (AvgIpc) is 3.91. The van der Waals surface area contributed by atoms with Gasteiger partial charge in [-0.1, -0.05) is 109 Å². The fraction of sp³-hybridized carbons (Fsp3) is 0.568. The van der Waals surface area contributed by atoms with Gasteiger partial charge in [0.2, 0.25) is 21.8 Å². The van der Waals surface area contributed by atoms with Crippen molar-refractivity contribution in [1.29, 1.82) is 0 Å². The Morgan fingerprint density at radius 2 is 1.39 bits per heavy atom. The van der Waals surface area contributed by atoms with Gasteiger partial charge < -0.3 is 20.3 Å². The molecule has 5 amide bonds. The van der Waals surface area contributed by atoms with Crippen LogP contribution in [0.15, 0.2) is 66.2 Å². The van der Waals surface area contributed by atoms with Gasteiger partial charge in [0.1, 0.15) is 17.7 Å². The van der Waals surface area contributed by atoms with Crippen LogP contribution in [0.2, 0.25) is 0 Å². The van der Waals surface area contributed by atoms with E-state index in [4.69, 9.17) is 4.74 Å². The van der Waals surface area contributed by atoms with Gasteiger partial charge in [-0.3, -0.25) is 24.1 Å². The molecule has 0 saturated heterocycles. The van der Waals surface area contributed by atoms with Crippen molar-refractivity contribution >= 4 is 39.7 Å². The van der Waals surface area contributed by atoms with Crippen molar-refractivity contribution in [3.8, 4) is 0 Å². The van der Waals surface area contributed by atoms with Crippen LogP contribution >= 0.6 is 0 Å². The van der Waals surface area contributed by atoms with E-state index in [1.807, 2.05) is 68.1 Å². The third-order valence-corrected chi connectivity index (χ3v) is 11.9. The summed E-state index contributed by atoms with van der Waals surface area (Å²) in [5.74, 6) is -5.01. The number of carbonyl (C=O) groups is 5. The van der Waals surface area contributed by atoms with Crippen molar-refractivity contribution in [2.45, 2.75) is 136 Å². The number of carbonyl (C=O) groups excluding carboxylic acids is 5. The minimum Gasteiger partial charge on any atom is -0.444 e. The zero-order valence-electron chi connectivity index (χ0n) is 37.4. The summed E-state index contributed by atoms with van der Waals surface area (Å²) < 4.78 is 72.5. The molecule has 338 valence electrons. The van der Waals surface area contributed by atoms with Crippen LogP contribution in [-0.4, -0.2) is 91.9 Å². The van der Waals surface area contributed by atoms with E-state index in [9.17, 15) is 45.6 Å². The number of sulfonamides is 1. The zero-order valence-corrected chi connectivity index (χ0v) is 38.2. The summed E-state index contributed by atoms with van der Waals surface area (Å²) in [7, 11) is -1.27. The highest BCUT2D eigenvalue weighted by atomic mass is 32.2. The van der Waals surface area contributed by atoms with Gasteiger partial charge in [0.25, 0.3) is 5.91 Å². The molecule has 3 N–H and O–H groups in total. The van der Waals surface area contributed by atoms with Gasteiger partial charge in [-0.2, -0.15) is 13.2 Å². The molecule has 17 heteroatoms. The number of nitrogens with zero attached hydrogens (tertiary/aromatic N) is 2. The van der Waals surface area contributed by atoms with Crippen molar-refractivity contribution in [2.24, 2.45) is 11.3 Å². The molecule has 0 aromatic heterocycles. The number of halogens is 3. The van der Waals surface area contributed by atoms with Gasteiger partial charge in [-0.25, -0.2) is 17.9 Å². The van der Waals surface area contributed by atoms with E-state index in [1.165, 1.54) is 61.2 Å². The number of amides is 5. The zero-order chi connectivity index (χ0) is 46.7. The Morgan fingerprint density at radius 3 is 1.85 bits per heavy atom. The van der Waals surface area contributed by atoms with Crippen molar-refractivity contribution in [3.05, 3.63) is 82.9 Å². The molecule has 1 fully saturated rings. The molecule has 2 aromatic carbocycles. The molecule has 0 unspecified atom stereocenters. The van der Waals surface area contributed by atoms with E-state index >= 15 is 0 Å². The van der Waals surface area contributed by atoms with Crippen LogP contribution in [0.5, 0.6) is 0 Å². The number of benzene rings is 2. The Kier molecular flexibility index (Phi) is 15.4. The number of rotatable bonds is 15. The lowest BCUT2D eigenvalue weighted by Crippen LogP contribution is -2.63. The first kappa shape index (κ1) is 50.4. The minimum absolute atomic E-state index is 0.00615. The second kappa shape index (κ2) is 18.6. The molecule has 0 aliphatic heterocycles. The highest BCUT2D eigenvalue weighted by molar-refractivity contribution is 7.89. The average molecular weight is 878 g/mol. The van der Waals surface area contributed by atoms with Gasteiger partial charge in [0.05, 0.1) is 17.3 Å². The van der Waals surface area contributed by atoms with E-state index in [2.05, 4.69) is 5.32 Å². The number of alkyl halides is 3. The van der Waals surface area contributed by atoms with Crippen molar-refractivity contribution in [1.82, 2.24) is 25.2 Å². The molecule has 0 bridgehead atoms. The fourth-order valence-corrected chi connectivity index (χ4v) is 8.20. The van der Waals surface area contributed by atoms with E-state index in [0.29, 0.717) is 18.4 Å². The first-order valence-electron chi connectivity index (χ1n) is 20.0. The molecule has 1 aliphatic carbocycles. The van der Waals surface area contributed by atoms with Crippen LogP contribution in [0.3, 0.4) is 0 Å². The van der Waals surface area contributed by atoms with Crippen molar-refractivity contribution in [2.75, 3.05) is 14.1 Å². The summed E-state index contributed by atoms with van der Waals surface area (Å²) >= 11 is 0. The van der Waals surface area contributed by atoms with E-state index in [1.54, 1.807) is 41.5 Å². The molecule has 1 aliphatic rings. The molecular weight excluding hydrogens is 816 g/mol. The maximum Gasteiger partial charge on any atom is 0.471 e. The normalized spacial score (nSPS) is 16.1. The summed E-state index contributed by atoms with van der Waals surface area (Å²) in [6.45, 7) is 19.2. The molecule has 0 radical (unpaired) electrons. The summed E-state index contributed by atoms with van der Waals surface area (Å²) in [6, 6.07) is 11.9. The largest absolute Gasteiger partial charge is 0.471 e. The lowest BCUT2D eigenvalue weighted by Gasteiger charge is -2.42. The van der Waals surface area contributed by atoms with Crippen LogP contribution in [0.4, 0.5) is 18.0 Å². The smallest absolute Gasteiger partial charge is 0.444 e. The van der Waals surface area contributed by atoms with Gasteiger partial charge >= 0.3 is 18.2 Å². The number of hydrogen-bond donors (Lipinski definition) is 3. The fourth-order valence-electron chi connectivity index (χ4n) is 7.05. The molecule has 1 saturated carbocycles. The number of nitrogens with one attached hydrogen (secondary N) is 3. The SMILES string of the molecule is C/C(=C\[C@H](C(C)C)N(C)C(=O)[C@@H](NC(=O)[C@@H](N(C)C(=O)OC(C)(C)C)C(C)(C)c1ccccc1)C(C)(C)C)C(=O)NS(=O)(=O)Cc1ccc(C2(NC(=O)C(F)(F)F)CC2)cc1. The maximum atomic E-state index is 14.5. The Bertz CT molecular complexity index is 2070. The van der Waals surface area contributed by atoms with Gasteiger partial charge in [0.15, 0.2) is 0 Å². The van der Waals surface area contributed by atoms with Crippen molar-refractivity contribution in [3.63, 3.8) is 0 Å². The Morgan fingerprint density at radius 1 is 0.852 bits per heavy atom. The summed E-state index contributed by atoms with van der Waals surface area (Å²) in [5.41, 5.74) is -2.46. The van der Waals surface area contributed by atoms with Gasteiger partial charge in [-0.05, 0) is 68.6 Å². The topological polar surface area (TPSA) is 171 Å². The first-order chi connectivity index (χ1) is 27.7. The third-order valence-electron chi connectivity index (χ3n) is 10.6. The Hall–Kier alpha value is -4.93. The summed E-state index contributed by atoms with van der Waals surface area (Å²) in [4.78, 5) is 69.9. The molecule has 0 heterocycles. The second-order valence-corrected chi connectivity index (χ2v) is 20.6. The molecule has 3 atom stereocenters. The highest BCUT2D eigenvalue weighted by Gasteiger charge is 2.51. The van der Waals surface area contributed by atoms with Crippen LogP contribution < -0.4 is 15.4 Å². The lowest BCUT2D eigenvalue weighted by molar-refractivity contribution is -0.174. The highest BCUT2D eigenvalue weighted by Crippen LogP contribution is 2.46. The minimum atomic E-state index is -5.05. The first-order valence-corrected chi connectivity index (χ1v) is 21.7. The monoisotopic (exact) mass is 877 g/mol. The predicted octanol–water partition coefficient (Wildman–Crippen LogP) is 6.47. The van der Waals surface area contributed by atoms with Crippen LogP contribution in [-0.2, 0) is 50.6 Å². The molecule has 0 spiro atoms. The molecular formula is C44H62F3N5O8S.